The van der Waals surface area contributed by atoms with Crippen molar-refractivity contribution >= 4 is 0 Å². The number of aryl methyl sites for hydroxylation is 3. The van der Waals surface area contributed by atoms with Gasteiger partial charge in [-0.25, -0.2) is 0 Å². The third kappa shape index (κ3) is 2.81. The van der Waals surface area contributed by atoms with Crippen LogP contribution in [0.15, 0.2) is 12.1 Å². The van der Waals surface area contributed by atoms with Crippen LogP contribution in [0, 0.1) is 27.7 Å². The topological polar surface area (TPSA) is 47.3 Å². The average Bonchev–Trinajstić information content (AvgIpc) is 2.68. The van der Waals surface area contributed by atoms with Crippen molar-refractivity contribution in [2.24, 2.45) is 7.05 Å². The largest absolute Gasteiger partial charge is 0.496 e. The number of aliphatic hydroxyl groups is 1. The van der Waals surface area contributed by atoms with Crippen LogP contribution in [-0.2, 0) is 13.5 Å². The second-order valence-electron chi connectivity index (χ2n) is 5.62. The highest BCUT2D eigenvalue weighted by molar-refractivity contribution is 5.47. The molecule has 0 bridgehead atoms. The van der Waals surface area contributed by atoms with Crippen molar-refractivity contribution in [3.05, 3.63) is 45.8 Å². The van der Waals surface area contributed by atoms with Crippen LogP contribution >= 0.6 is 0 Å². The van der Waals surface area contributed by atoms with Crippen LogP contribution in [0.1, 0.15) is 39.7 Å². The smallest absolute Gasteiger partial charge is 0.127 e. The summed E-state index contributed by atoms with van der Waals surface area (Å²) in [5, 5.41) is 15.0. The van der Waals surface area contributed by atoms with Crippen LogP contribution in [0.5, 0.6) is 5.75 Å². The predicted molar refractivity (Wildman–Crippen MR) is 83.8 cm³/mol. The molecule has 2 aromatic rings. The summed E-state index contributed by atoms with van der Waals surface area (Å²) in [6.45, 7) is 8.07. The maximum atomic E-state index is 10.6. The van der Waals surface area contributed by atoms with E-state index in [9.17, 15) is 5.11 Å². The molecule has 1 aromatic carbocycles. The van der Waals surface area contributed by atoms with Crippen molar-refractivity contribution in [2.75, 3.05) is 7.11 Å². The summed E-state index contributed by atoms with van der Waals surface area (Å²) < 4.78 is 7.36. The minimum absolute atomic E-state index is 0.546. The molecule has 1 heterocycles. The number of benzene rings is 1. The van der Waals surface area contributed by atoms with E-state index >= 15 is 0 Å². The second-order valence-corrected chi connectivity index (χ2v) is 5.62. The number of hydrogen-bond donors (Lipinski definition) is 1. The summed E-state index contributed by atoms with van der Waals surface area (Å²) in [6.07, 6.45) is -0.0504. The summed E-state index contributed by atoms with van der Waals surface area (Å²) in [7, 11) is 3.58. The van der Waals surface area contributed by atoms with Crippen molar-refractivity contribution in [1.29, 1.82) is 0 Å². The van der Waals surface area contributed by atoms with E-state index in [2.05, 4.69) is 5.10 Å². The van der Waals surface area contributed by atoms with Crippen LogP contribution in [0.25, 0.3) is 0 Å². The highest BCUT2D eigenvalue weighted by atomic mass is 16.5. The lowest BCUT2D eigenvalue weighted by molar-refractivity contribution is 0.173. The fraction of sp³-hybridized carbons (Fsp3) is 0.471. The maximum Gasteiger partial charge on any atom is 0.127 e. The molecule has 0 fully saturated rings. The second kappa shape index (κ2) is 5.90. The number of ether oxygens (including phenoxy) is 1. The van der Waals surface area contributed by atoms with Gasteiger partial charge in [0.15, 0.2) is 0 Å². The molecule has 2 rings (SSSR count). The van der Waals surface area contributed by atoms with Crippen LogP contribution in [-0.4, -0.2) is 22.0 Å². The molecule has 0 aliphatic carbocycles. The Labute approximate surface area is 126 Å². The summed E-state index contributed by atoms with van der Waals surface area (Å²) in [6, 6.07) is 3.98. The first-order valence-electron chi connectivity index (χ1n) is 7.18. The zero-order chi connectivity index (χ0) is 15.7. The van der Waals surface area contributed by atoms with Gasteiger partial charge in [-0.2, -0.15) is 5.10 Å². The number of aromatic nitrogens is 2. The standard InChI is InChI=1S/C17H24N2O2/c1-10-7-8-14(17(21-6)11(10)2)16(20)9-15-12(3)18-19(5)13(15)4/h7-8,16,20H,9H2,1-6H3. The van der Waals surface area contributed by atoms with Crippen LogP contribution in [0.2, 0.25) is 0 Å². The van der Waals surface area contributed by atoms with Gasteiger partial charge in [-0.05, 0) is 44.4 Å². The Bertz CT molecular complexity index is 659. The Hall–Kier alpha value is -1.81. The summed E-state index contributed by atoms with van der Waals surface area (Å²) in [5.41, 5.74) is 6.24. The third-order valence-corrected chi connectivity index (χ3v) is 4.33. The molecule has 0 aliphatic rings. The quantitative estimate of drug-likeness (QED) is 0.941. The summed E-state index contributed by atoms with van der Waals surface area (Å²) >= 11 is 0. The van der Waals surface area contributed by atoms with Gasteiger partial charge in [0.1, 0.15) is 5.75 Å². The molecular formula is C17H24N2O2. The van der Waals surface area contributed by atoms with Gasteiger partial charge in [-0.15, -0.1) is 0 Å². The van der Waals surface area contributed by atoms with Crippen LogP contribution < -0.4 is 4.74 Å². The van der Waals surface area contributed by atoms with Gasteiger partial charge < -0.3 is 9.84 Å². The Morgan fingerprint density at radius 2 is 1.90 bits per heavy atom. The molecule has 4 nitrogen and oxygen atoms in total. The molecule has 0 saturated carbocycles. The highest BCUT2D eigenvalue weighted by Gasteiger charge is 2.20. The van der Waals surface area contributed by atoms with E-state index < -0.39 is 6.10 Å². The molecule has 0 saturated heterocycles. The molecule has 0 amide bonds. The van der Waals surface area contributed by atoms with E-state index in [-0.39, 0.29) is 0 Å². The van der Waals surface area contributed by atoms with Crippen LogP contribution in [0.3, 0.4) is 0 Å². The molecule has 0 spiro atoms. The van der Waals surface area contributed by atoms with Gasteiger partial charge >= 0.3 is 0 Å². The van der Waals surface area contributed by atoms with Crippen molar-refractivity contribution in [1.82, 2.24) is 9.78 Å². The van der Waals surface area contributed by atoms with E-state index in [1.807, 2.05) is 51.6 Å². The van der Waals surface area contributed by atoms with E-state index in [1.165, 1.54) is 0 Å². The maximum absolute atomic E-state index is 10.6. The van der Waals surface area contributed by atoms with Gasteiger partial charge in [0.05, 0.1) is 18.9 Å². The number of nitrogens with zero attached hydrogens (tertiary/aromatic N) is 2. The Morgan fingerprint density at radius 3 is 2.43 bits per heavy atom. The van der Waals surface area contributed by atoms with Crippen molar-refractivity contribution in [3.8, 4) is 5.75 Å². The van der Waals surface area contributed by atoms with Gasteiger partial charge in [0.25, 0.3) is 0 Å². The zero-order valence-corrected chi connectivity index (χ0v) is 13.7. The van der Waals surface area contributed by atoms with E-state index in [0.717, 1.165) is 39.4 Å². The SMILES string of the molecule is COc1c(C(O)Cc2c(C)nn(C)c2C)ccc(C)c1C. The molecule has 21 heavy (non-hydrogen) atoms. The summed E-state index contributed by atoms with van der Waals surface area (Å²) in [4.78, 5) is 0. The molecule has 0 radical (unpaired) electrons. The fourth-order valence-corrected chi connectivity index (χ4v) is 2.76. The monoisotopic (exact) mass is 288 g/mol. The summed E-state index contributed by atoms with van der Waals surface area (Å²) in [5.74, 6) is 0.779. The van der Waals surface area contributed by atoms with Crippen LogP contribution in [0.4, 0.5) is 0 Å². The first kappa shape index (κ1) is 15.6. The van der Waals surface area contributed by atoms with E-state index in [1.54, 1.807) is 7.11 Å². The minimum Gasteiger partial charge on any atom is -0.496 e. The van der Waals surface area contributed by atoms with Gasteiger partial charge in [0, 0.05) is 24.7 Å². The molecule has 4 heteroatoms. The number of rotatable bonds is 4. The molecule has 1 unspecified atom stereocenters. The lowest BCUT2D eigenvalue weighted by Crippen LogP contribution is -2.07. The van der Waals surface area contributed by atoms with Gasteiger partial charge in [0.2, 0.25) is 0 Å². The van der Waals surface area contributed by atoms with Gasteiger partial charge in [-0.1, -0.05) is 12.1 Å². The fourth-order valence-electron chi connectivity index (χ4n) is 2.76. The Kier molecular flexibility index (Phi) is 4.37. The molecular weight excluding hydrogens is 264 g/mol. The third-order valence-electron chi connectivity index (χ3n) is 4.33. The first-order valence-corrected chi connectivity index (χ1v) is 7.18. The lowest BCUT2D eigenvalue weighted by Gasteiger charge is -2.18. The molecule has 1 atom stereocenters. The first-order chi connectivity index (χ1) is 9.86. The number of aliphatic hydroxyl groups excluding tert-OH is 1. The van der Waals surface area contributed by atoms with Gasteiger partial charge in [-0.3, -0.25) is 4.68 Å². The van der Waals surface area contributed by atoms with E-state index in [4.69, 9.17) is 4.74 Å². The Balaban J connectivity index is 2.37. The molecule has 1 N–H and O–H groups in total. The molecule has 1 aromatic heterocycles. The lowest BCUT2D eigenvalue weighted by atomic mass is 9.96. The normalized spacial score (nSPS) is 12.5. The van der Waals surface area contributed by atoms with Crippen molar-refractivity contribution < 1.29 is 9.84 Å². The minimum atomic E-state index is -0.596. The van der Waals surface area contributed by atoms with Crippen molar-refractivity contribution in [2.45, 2.75) is 40.2 Å². The number of methoxy groups -OCH3 is 1. The highest BCUT2D eigenvalue weighted by Crippen LogP contribution is 2.33. The van der Waals surface area contributed by atoms with Crippen molar-refractivity contribution in [3.63, 3.8) is 0 Å². The average molecular weight is 288 g/mol. The van der Waals surface area contributed by atoms with E-state index in [0.29, 0.717) is 6.42 Å². The Morgan fingerprint density at radius 1 is 1.24 bits per heavy atom. The molecule has 0 aliphatic heterocycles. The number of hydrogen-bond acceptors (Lipinski definition) is 3. The molecule has 114 valence electrons. The predicted octanol–water partition coefficient (Wildman–Crippen LogP) is 2.94. The zero-order valence-electron chi connectivity index (χ0n) is 13.7.